The molecule has 0 radical (unpaired) electrons. The summed E-state index contributed by atoms with van der Waals surface area (Å²) in [6.07, 6.45) is 0. The van der Waals surface area contributed by atoms with Crippen LogP contribution in [0.25, 0.3) is 0 Å². The average molecular weight is 389 g/mol. The van der Waals surface area contributed by atoms with Gasteiger partial charge in [-0.2, -0.15) is 0 Å². The maximum atomic E-state index is 5.71. The third kappa shape index (κ3) is 8.27. The summed E-state index contributed by atoms with van der Waals surface area (Å²) in [5, 5.41) is 0. The summed E-state index contributed by atoms with van der Waals surface area (Å²) in [6, 6.07) is 16.4. The Kier molecular flexibility index (Phi) is 10.4. The molecule has 2 aromatic carbocycles. The zero-order valence-corrected chi connectivity index (χ0v) is 16.9. The van der Waals surface area contributed by atoms with Crippen molar-refractivity contribution in [3.63, 3.8) is 0 Å². The van der Waals surface area contributed by atoms with Gasteiger partial charge in [0.15, 0.2) is 0 Å². The molecule has 0 heterocycles. The number of hydrogen-bond acceptors (Lipinski definition) is 6. The van der Waals surface area contributed by atoms with Gasteiger partial charge in [-0.3, -0.25) is 4.90 Å². The fourth-order valence-corrected chi connectivity index (χ4v) is 2.79. The molecule has 2 aromatic rings. The minimum Gasteiger partial charge on any atom is -0.497 e. The first-order valence-electron chi connectivity index (χ1n) is 9.59. The molecule has 154 valence electrons. The first-order chi connectivity index (χ1) is 13.7. The summed E-state index contributed by atoms with van der Waals surface area (Å²) >= 11 is 0. The van der Waals surface area contributed by atoms with Crippen LogP contribution in [0.4, 0.5) is 0 Å². The fourth-order valence-electron chi connectivity index (χ4n) is 2.79. The van der Waals surface area contributed by atoms with Crippen molar-refractivity contribution in [1.29, 1.82) is 0 Å². The highest BCUT2D eigenvalue weighted by molar-refractivity contribution is 5.28. The van der Waals surface area contributed by atoms with Crippen LogP contribution >= 0.6 is 0 Å². The van der Waals surface area contributed by atoms with E-state index in [1.165, 1.54) is 11.1 Å². The lowest BCUT2D eigenvalue weighted by atomic mass is 10.1. The smallest absolute Gasteiger partial charge is 0.118 e. The summed E-state index contributed by atoms with van der Waals surface area (Å²) in [4.78, 5) is 2.37. The summed E-state index contributed by atoms with van der Waals surface area (Å²) in [6.45, 7) is 5.42. The maximum absolute atomic E-state index is 5.71. The van der Waals surface area contributed by atoms with Crippen LogP contribution in [-0.2, 0) is 22.6 Å². The van der Waals surface area contributed by atoms with Gasteiger partial charge in [0.2, 0.25) is 0 Å². The van der Waals surface area contributed by atoms with Crippen LogP contribution in [0.3, 0.4) is 0 Å². The van der Waals surface area contributed by atoms with Crippen molar-refractivity contribution in [3.8, 4) is 11.5 Å². The number of benzene rings is 2. The molecule has 0 fully saturated rings. The highest BCUT2D eigenvalue weighted by Gasteiger charge is 2.08. The van der Waals surface area contributed by atoms with Crippen LogP contribution in [0.15, 0.2) is 48.5 Å². The molecule has 0 aliphatic rings. The Morgan fingerprint density at radius 3 is 1.57 bits per heavy atom. The van der Waals surface area contributed by atoms with Gasteiger partial charge in [0, 0.05) is 26.2 Å². The Labute approximate surface area is 168 Å². The number of hydrogen-bond donors (Lipinski definition) is 1. The van der Waals surface area contributed by atoms with Crippen molar-refractivity contribution in [2.75, 3.05) is 53.7 Å². The molecule has 0 aromatic heterocycles. The van der Waals surface area contributed by atoms with E-state index in [9.17, 15) is 0 Å². The van der Waals surface area contributed by atoms with E-state index in [2.05, 4.69) is 29.2 Å². The molecule has 0 aliphatic heterocycles. The molecule has 2 N–H and O–H groups in total. The Hall–Kier alpha value is -2.12. The molecule has 0 bridgehead atoms. The van der Waals surface area contributed by atoms with Gasteiger partial charge < -0.3 is 24.7 Å². The molecule has 28 heavy (non-hydrogen) atoms. The number of methoxy groups -OCH3 is 2. The third-order valence-corrected chi connectivity index (χ3v) is 4.32. The van der Waals surface area contributed by atoms with Crippen molar-refractivity contribution in [1.82, 2.24) is 4.90 Å². The van der Waals surface area contributed by atoms with Gasteiger partial charge in [-0.15, -0.1) is 0 Å². The van der Waals surface area contributed by atoms with Gasteiger partial charge >= 0.3 is 0 Å². The molecule has 0 aliphatic carbocycles. The van der Waals surface area contributed by atoms with Crippen LogP contribution in [0, 0.1) is 0 Å². The van der Waals surface area contributed by atoms with E-state index in [0.29, 0.717) is 33.0 Å². The van der Waals surface area contributed by atoms with Crippen molar-refractivity contribution >= 4 is 0 Å². The van der Waals surface area contributed by atoms with Gasteiger partial charge in [-0.25, -0.2) is 0 Å². The molecule has 0 unspecified atom stereocenters. The van der Waals surface area contributed by atoms with Crippen LogP contribution in [0.1, 0.15) is 11.1 Å². The number of nitrogens with two attached hydrogens (primary N) is 1. The first-order valence-corrected chi connectivity index (χ1v) is 9.59. The molecule has 2 rings (SSSR count). The molecule has 0 saturated heterocycles. The van der Waals surface area contributed by atoms with Crippen molar-refractivity contribution < 1.29 is 18.9 Å². The zero-order valence-electron chi connectivity index (χ0n) is 16.9. The number of rotatable bonds is 14. The normalized spacial score (nSPS) is 11.0. The van der Waals surface area contributed by atoms with E-state index in [-0.39, 0.29) is 0 Å². The second kappa shape index (κ2) is 13.1. The molecule has 6 heteroatoms. The predicted molar refractivity (Wildman–Crippen MR) is 111 cm³/mol. The lowest BCUT2D eigenvalue weighted by Crippen LogP contribution is -2.27. The van der Waals surface area contributed by atoms with E-state index >= 15 is 0 Å². The van der Waals surface area contributed by atoms with Gasteiger partial charge in [0.1, 0.15) is 11.5 Å². The SMILES string of the molecule is COc1ccc(CN(CCOCCOCCN)Cc2ccc(OC)cc2)cc1. The Balaban J connectivity index is 1.89. The van der Waals surface area contributed by atoms with Gasteiger partial charge in [0.25, 0.3) is 0 Å². The molecule has 0 saturated carbocycles. The van der Waals surface area contributed by atoms with E-state index < -0.39 is 0 Å². The molecule has 0 spiro atoms. The van der Waals surface area contributed by atoms with E-state index in [0.717, 1.165) is 31.1 Å². The second-order valence-corrected chi connectivity index (χ2v) is 6.42. The quantitative estimate of drug-likeness (QED) is 0.502. The molecule has 6 nitrogen and oxygen atoms in total. The lowest BCUT2D eigenvalue weighted by molar-refractivity contribution is 0.0392. The summed E-state index contributed by atoms with van der Waals surface area (Å²) in [7, 11) is 3.36. The van der Waals surface area contributed by atoms with Crippen molar-refractivity contribution in [3.05, 3.63) is 59.7 Å². The molecular weight excluding hydrogens is 356 g/mol. The van der Waals surface area contributed by atoms with Crippen LogP contribution in [0.5, 0.6) is 11.5 Å². The topological polar surface area (TPSA) is 66.2 Å². The predicted octanol–water partition coefficient (Wildman–Crippen LogP) is 2.70. The molecule has 0 atom stereocenters. The highest BCUT2D eigenvalue weighted by Crippen LogP contribution is 2.16. The maximum Gasteiger partial charge on any atom is 0.118 e. The Morgan fingerprint density at radius 1 is 0.679 bits per heavy atom. The van der Waals surface area contributed by atoms with Crippen LogP contribution in [0.2, 0.25) is 0 Å². The monoisotopic (exact) mass is 388 g/mol. The van der Waals surface area contributed by atoms with E-state index in [1.807, 2.05) is 24.3 Å². The Morgan fingerprint density at radius 2 is 1.14 bits per heavy atom. The third-order valence-electron chi connectivity index (χ3n) is 4.32. The summed E-state index contributed by atoms with van der Waals surface area (Å²) in [5.74, 6) is 1.73. The largest absolute Gasteiger partial charge is 0.497 e. The van der Waals surface area contributed by atoms with E-state index in [1.54, 1.807) is 14.2 Å². The first kappa shape index (κ1) is 22.2. The lowest BCUT2D eigenvalue weighted by Gasteiger charge is -2.23. The highest BCUT2D eigenvalue weighted by atomic mass is 16.5. The molecular formula is C22H32N2O4. The van der Waals surface area contributed by atoms with Crippen molar-refractivity contribution in [2.45, 2.75) is 13.1 Å². The van der Waals surface area contributed by atoms with E-state index in [4.69, 9.17) is 24.7 Å². The van der Waals surface area contributed by atoms with Gasteiger partial charge in [0.05, 0.1) is 40.6 Å². The summed E-state index contributed by atoms with van der Waals surface area (Å²) < 4.78 is 21.5. The fraction of sp³-hybridized carbons (Fsp3) is 0.455. The Bertz CT molecular complexity index is 597. The van der Waals surface area contributed by atoms with Crippen molar-refractivity contribution in [2.24, 2.45) is 5.73 Å². The zero-order chi connectivity index (χ0) is 20.0. The minimum absolute atomic E-state index is 0.539. The minimum atomic E-state index is 0.539. The van der Waals surface area contributed by atoms with Crippen LogP contribution < -0.4 is 15.2 Å². The van der Waals surface area contributed by atoms with Crippen LogP contribution in [-0.4, -0.2) is 58.6 Å². The second-order valence-electron chi connectivity index (χ2n) is 6.42. The standard InChI is InChI=1S/C22H32N2O4/c1-25-21-7-3-19(4-8-21)17-24(12-14-28-16-15-27-13-11-23)18-20-5-9-22(26-2)10-6-20/h3-10H,11-18,23H2,1-2H3. The van der Waals surface area contributed by atoms with Gasteiger partial charge in [-0.1, -0.05) is 24.3 Å². The summed E-state index contributed by atoms with van der Waals surface area (Å²) in [5.41, 5.74) is 7.88. The number of ether oxygens (including phenoxy) is 4. The van der Waals surface area contributed by atoms with Gasteiger partial charge in [-0.05, 0) is 35.4 Å². The molecule has 0 amide bonds. The number of nitrogens with zero attached hydrogens (tertiary/aromatic N) is 1. The average Bonchev–Trinajstić information content (AvgIpc) is 2.74.